The Morgan fingerprint density at radius 2 is 0.810 bits per heavy atom. The third-order valence-corrected chi connectivity index (χ3v) is 16.7. The predicted molar refractivity (Wildman–Crippen MR) is 328 cm³/mol. The molecule has 0 aromatic heterocycles. The molecule has 2 unspecified atom stereocenters. The summed E-state index contributed by atoms with van der Waals surface area (Å²) in [6.45, 7) is 0. The predicted octanol–water partition coefficient (Wildman–Crippen LogP) is 19.8. The van der Waals surface area contributed by atoms with Crippen molar-refractivity contribution in [2.75, 3.05) is 4.90 Å². The summed E-state index contributed by atoms with van der Waals surface area (Å²) in [7, 11) is 0. The molecule has 1 heterocycles. The van der Waals surface area contributed by atoms with Crippen molar-refractivity contribution in [2.24, 2.45) is 0 Å². The normalized spacial score (nSPS) is 15.3. The Balaban J connectivity index is 0.762. The van der Waals surface area contributed by atoms with Crippen molar-refractivity contribution in [2.45, 2.75) is 17.4 Å². The highest BCUT2D eigenvalue weighted by Gasteiger charge is 2.46. The van der Waals surface area contributed by atoms with Crippen LogP contribution in [0.2, 0.25) is 0 Å². The van der Waals surface area contributed by atoms with Crippen molar-refractivity contribution in [1.82, 2.24) is 0 Å². The van der Waals surface area contributed by atoms with E-state index in [1.807, 2.05) is 0 Å². The topological polar surface area (TPSA) is 12.5 Å². The van der Waals surface area contributed by atoms with E-state index in [0.29, 0.717) is 0 Å². The van der Waals surface area contributed by atoms with Crippen molar-refractivity contribution in [3.05, 3.63) is 343 Å². The zero-order valence-electron chi connectivity index (χ0n) is 43.5. The first-order chi connectivity index (χ1) is 39.1. The van der Waals surface area contributed by atoms with Crippen LogP contribution in [0.3, 0.4) is 0 Å². The Hall–Kier alpha value is -10.0. The van der Waals surface area contributed by atoms with Crippen LogP contribution in [0, 0.1) is 0 Å². The molecule has 0 bridgehead atoms. The van der Waals surface area contributed by atoms with E-state index in [1.165, 1.54) is 88.7 Å². The average Bonchev–Trinajstić information content (AvgIpc) is 4.29. The van der Waals surface area contributed by atoms with Crippen LogP contribution in [0.25, 0.3) is 72.0 Å². The standard InChI is InChI=1S/C77H53NO/c1-3-18-64(19-4-1)77(65-20-5-2-6-21-65)73-24-11-9-22-69(73)70-46-38-62(50-74(70)77)56-34-42-67(43-35-56)78(68-44-36-57(37-45-68)63-39-47-72-71-23-10-12-25-75(71)79-76(72)51-63)66-40-32-54(33-41-66)53-26-28-55(29-27-53)59-16-13-17-60(48-59)61-31-30-52-14-7-8-15-58(52)49-61/h1-51,72,76H. The molecule has 3 aliphatic rings. The summed E-state index contributed by atoms with van der Waals surface area (Å²) in [5.74, 6) is 1.22. The molecule has 2 nitrogen and oxygen atoms in total. The maximum Gasteiger partial charge on any atom is 0.128 e. The number of benzene rings is 12. The number of anilines is 3. The van der Waals surface area contributed by atoms with Gasteiger partial charge < -0.3 is 9.64 Å². The fraction of sp³-hybridized carbons (Fsp3) is 0.0390. The Kier molecular flexibility index (Phi) is 11.3. The molecular formula is C77H53NO. The summed E-state index contributed by atoms with van der Waals surface area (Å²) in [6.07, 6.45) is 6.83. The molecule has 0 saturated heterocycles. The van der Waals surface area contributed by atoms with Gasteiger partial charge in [0.2, 0.25) is 0 Å². The van der Waals surface area contributed by atoms with Gasteiger partial charge in [0.15, 0.2) is 0 Å². The smallest absolute Gasteiger partial charge is 0.128 e. The third-order valence-electron chi connectivity index (χ3n) is 16.7. The zero-order chi connectivity index (χ0) is 52.3. The maximum atomic E-state index is 6.43. The van der Waals surface area contributed by atoms with Gasteiger partial charge in [0.1, 0.15) is 11.9 Å². The van der Waals surface area contributed by atoms with E-state index in [2.05, 4.69) is 314 Å². The minimum absolute atomic E-state index is 0.0110. The van der Waals surface area contributed by atoms with Crippen molar-refractivity contribution >= 4 is 33.4 Å². The molecule has 0 saturated carbocycles. The zero-order valence-corrected chi connectivity index (χ0v) is 43.5. The van der Waals surface area contributed by atoms with Gasteiger partial charge in [-0.05, 0) is 167 Å². The molecule has 1 aliphatic heterocycles. The number of para-hydroxylation sites is 1. The van der Waals surface area contributed by atoms with Crippen LogP contribution in [-0.4, -0.2) is 6.10 Å². The fourth-order valence-electron chi connectivity index (χ4n) is 12.8. The molecule has 79 heavy (non-hydrogen) atoms. The van der Waals surface area contributed by atoms with E-state index in [9.17, 15) is 0 Å². The molecule has 12 aromatic carbocycles. The van der Waals surface area contributed by atoms with E-state index < -0.39 is 5.41 Å². The van der Waals surface area contributed by atoms with E-state index in [-0.39, 0.29) is 12.0 Å². The first kappa shape index (κ1) is 46.3. The molecule has 0 spiro atoms. The Morgan fingerprint density at radius 3 is 1.48 bits per heavy atom. The number of hydrogen-bond donors (Lipinski definition) is 0. The van der Waals surface area contributed by atoms with Crippen LogP contribution in [0.4, 0.5) is 17.1 Å². The number of nitrogens with zero attached hydrogens (tertiary/aromatic N) is 1. The van der Waals surface area contributed by atoms with Crippen LogP contribution in [0.15, 0.2) is 309 Å². The Morgan fingerprint density at radius 1 is 0.329 bits per heavy atom. The van der Waals surface area contributed by atoms with Gasteiger partial charge in [0.05, 0.1) is 5.41 Å². The molecule has 2 heteroatoms. The number of allylic oxidation sites excluding steroid dienone is 2. The minimum Gasteiger partial charge on any atom is -0.485 e. The molecule has 12 aromatic rings. The lowest BCUT2D eigenvalue weighted by Gasteiger charge is -2.34. The number of rotatable bonds is 10. The molecule has 0 amide bonds. The van der Waals surface area contributed by atoms with Crippen LogP contribution in [-0.2, 0) is 5.41 Å². The first-order valence-corrected chi connectivity index (χ1v) is 27.4. The second-order valence-electron chi connectivity index (χ2n) is 21.1. The second kappa shape index (κ2) is 19.2. The largest absolute Gasteiger partial charge is 0.485 e. The first-order valence-electron chi connectivity index (χ1n) is 27.4. The molecular weight excluding hydrogens is 955 g/mol. The van der Waals surface area contributed by atoms with Crippen LogP contribution in [0.5, 0.6) is 5.75 Å². The van der Waals surface area contributed by atoms with Gasteiger partial charge in [-0.25, -0.2) is 0 Å². The molecule has 2 atom stereocenters. The Bertz CT molecular complexity index is 4270. The average molecular weight is 1010 g/mol. The quantitative estimate of drug-likeness (QED) is 0.135. The number of fused-ring (bicyclic) bond motifs is 7. The van der Waals surface area contributed by atoms with Gasteiger partial charge in [0.25, 0.3) is 0 Å². The van der Waals surface area contributed by atoms with Gasteiger partial charge >= 0.3 is 0 Å². The lowest BCUT2D eigenvalue weighted by atomic mass is 9.67. The highest BCUT2D eigenvalue weighted by Crippen LogP contribution is 2.57. The minimum atomic E-state index is -0.466. The van der Waals surface area contributed by atoms with Crippen LogP contribution < -0.4 is 9.64 Å². The molecule has 372 valence electrons. The summed E-state index contributed by atoms with van der Waals surface area (Å²) in [5, 5.41) is 2.51. The summed E-state index contributed by atoms with van der Waals surface area (Å²) in [4.78, 5) is 2.37. The van der Waals surface area contributed by atoms with Crippen LogP contribution in [0.1, 0.15) is 39.3 Å². The van der Waals surface area contributed by atoms with Crippen LogP contribution >= 0.6 is 0 Å². The van der Waals surface area contributed by atoms with Crippen molar-refractivity contribution in [3.8, 4) is 61.4 Å². The van der Waals surface area contributed by atoms with Crippen molar-refractivity contribution < 1.29 is 4.74 Å². The van der Waals surface area contributed by atoms with Gasteiger partial charge in [-0.3, -0.25) is 0 Å². The molecule has 0 fully saturated rings. The lowest BCUT2D eigenvalue weighted by molar-refractivity contribution is 0.269. The summed E-state index contributed by atoms with van der Waals surface area (Å²) in [6, 6.07) is 107. The monoisotopic (exact) mass is 1010 g/mol. The van der Waals surface area contributed by atoms with Crippen molar-refractivity contribution in [1.29, 1.82) is 0 Å². The molecule has 2 aliphatic carbocycles. The fourth-order valence-corrected chi connectivity index (χ4v) is 12.8. The number of ether oxygens (including phenoxy) is 1. The Labute approximate surface area is 462 Å². The maximum absolute atomic E-state index is 6.43. The second-order valence-corrected chi connectivity index (χ2v) is 21.1. The van der Waals surface area contributed by atoms with E-state index in [1.54, 1.807) is 0 Å². The van der Waals surface area contributed by atoms with Gasteiger partial charge in [-0.2, -0.15) is 0 Å². The van der Waals surface area contributed by atoms with Crippen molar-refractivity contribution in [3.63, 3.8) is 0 Å². The van der Waals surface area contributed by atoms with E-state index >= 15 is 0 Å². The molecule has 0 N–H and O–H groups in total. The summed E-state index contributed by atoms with van der Waals surface area (Å²) < 4.78 is 6.43. The van der Waals surface area contributed by atoms with Gasteiger partial charge in [-0.1, -0.05) is 243 Å². The summed E-state index contributed by atoms with van der Waals surface area (Å²) in [5.41, 5.74) is 23.6. The highest BCUT2D eigenvalue weighted by molar-refractivity contribution is 5.91. The third kappa shape index (κ3) is 8.03. The van der Waals surface area contributed by atoms with E-state index in [0.717, 1.165) is 39.5 Å². The molecule has 15 rings (SSSR count). The van der Waals surface area contributed by atoms with E-state index in [4.69, 9.17) is 4.74 Å². The number of hydrogen-bond acceptors (Lipinski definition) is 2. The SMILES string of the molecule is C1=CC2c3ccccc3OC2C=C1c1ccc(N(c2ccc(-c3ccc(-c4cccc(-c5ccc6ccccc6c5)c4)cc3)cc2)c2ccc(-c3ccc4c(c3)C(c3ccccc3)(c3ccccc3)c3ccccc3-4)cc2)cc1. The summed E-state index contributed by atoms with van der Waals surface area (Å²) >= 11 is 0. The van der Waals surface area contributed by atoms with Gasteiger partial charge in [0, 0.05) is 28.5 Å². The molecule has 0 radical (unpaired) electrons. The highest BCUT2D eigenvalue weighted by atomic mass is 16.5. The lowest BCUT2D eigenvalue weighted by Crippen LogP contribution is -2.28. The van der Waals surface area contributed by atoms with Gasteiger partial charge in [-0.15, -0.1) is 0 Å².